The minimum Gasteiger partial charge on any atom is -0.349 e. The van der Waals surface area contributed by atoms with Crippen molar-refractivity contribution in [2.24, 2.45) is 11.7 Å². The van der Waals surface area contributed by atoms with Gasteiger partial charge < -0.3 is 11.1 Å². The SMILES string of the molecule is CC(C)C(C)(CN)NC(=O)Cc1cccc([N+](=O)[O-])c1. The average molecular weight is 279 g/mol. The number of non-ortho nitro benzene ring substituents is 1. The Morgan fingerprint density at radius 3 is 2.65 bits per heavy atom. The van der Waals surface area contributed by atoms with Crippen molar-refractivity contribution in [1.82, 2.24) is 5.32 Å². The number of nitro groups is 1. The first-order valence-corrected chi connectivity index (χ1v) is 6.53. The number of hydrogen-bond donors (Lipinski definition) is 2. The number of amides is 1. The lowest BCUT2D eigenvalue weighted by molar-refractivity contribution is -0.384. The van der Waals surface area contributed by atoms with Gasteiger partial charge in [0.2, 0.25) is 5.91 Å². The molecular weight excluding hydrogens is 258 g/mol. The van der Waals surface area contributed by atoms with E-state index in [0.717, 1.165) is 0 Å². The molecule has 6 heteroatoms. The fraction of sp³-hybridized carbons (Fsp3) is 0.500. The van der Waals surface area contributed by atoms with Crippen molar-refractivity contribution in [3.63, 3.8) is 0 Å². The van der Waals surface area contributed by atoms with Crippen LogP contribution >= 0.6 is 0 Å². The molecule has 1 unspecified atom stereocenters. The molecule has 1 rings (SSSR count). The summed E-state index contributed by atoms with van der Waals surface area (Å²) in [5.74, 6) is 0.00806. The second kappa shape index (κ2) is 6.47. The molecule has 6 nitrogen and oxygen atoms in total. The summed E-state index contributed by atoms with van der Waals surface area (Å²) in [4.78, 5) is 22.3. The zero-order valence-electron chi connectivity index (χ0n) is 12.1. The minimum absolute atomic E-state index is 0.0132. The van der Waals surface area contributed by atoms with Crippen LogP contribution in [-0.4, -0.2) is 22.9 Å². The lowest BCUT2D eigenvalue weighted by Gasteiger charge is -2.33. The van der Waals surface area contributed by atoms with E-state index in [1.807, 2.05) is 20.8 Å². The minimum atomic E-state index is -0.474. The van der Waals surface area contributed by atoms with E-state index in [0.29, 0.717) is 12.1 Å². The van der Waals surface area contributed by atoms with Crippen molar-refractivity contribution >= 4 is 11.6 Å². The van der Waals surface area contributed by atoms with Crippen LogP contribution in [0.4, 0.5) is 5.69 Å². The van der Waals surface area contributed by atoms with E-state index in [1.165, 1.54) is 12.1 Å². The second-order valence-electron chi connectivity index (χ2n) is 5.43. The van der Waals surface area contributed by atoms with Crippen LogP contribution in [-0.2, 0) is 11.2 Å². The van der Waals surface area contributed by atoms with Crippen LogP contribution in [0.3, 0.4) is 0 Å². The van der Waals surface area contributed by atoms with Crippen LogP contribution in [0.1, 0.15) is 26.3 Å². The van der Waals surface area contributed by atoms with Gasteiger partial charge in [-0.15, -0.1) is 0 Å². The summed E-state index contributed by atoms with van der Waals surface area (Å²) in [6, 6.07) is 6.08. The van der Waals surface area contributed by atoms with Crippen molar-refractivity contribution in [2.75, 3.05) is 6.54 Å². The number of benzene rings is 1. The van der Waals surface area contributed by atoms with Gasteiger partial charge in [0.25, 0.3) is 5.69 Å². The van der Waals surface area contributed by atoms with Gasteiger partial charge in [-0.05, 0) is 18.4 Å². The summed E-state index contributed by atoms with van der Waals surface area (Å²) in [6.07, 6.45) is 0.101. The maximum atomic E-state index is 12.0. The molecule has 1 aromatic carbocycles. The lowest BCUT2D eigenvalue weighted by Crippen LogP contribution is -2.55. The fourth-order valence-corrected chi connectivity index (χ4v) is 1.76. The number of nitrogens with zero attached hydrogens (tertiary/aromatic N) is 1. The van der Waals surface area contributed by atoms with Crippen LogP contribution in [0.15, 0.2) is 24.3 Å². The molecule has 0 bridgehead atoms. The molecule has 0 aliphatic heterocycles. The number of carbonyl (C=O) groups excluding carboxylic acids is 1. The number of rotatable bonds is 6. The molecule has 1 amide bonds. The Balaban J connectivity index is 2.76. The first-order valence-electron chi connectivity index (χ1n) is 6.53. The Labute approximate surface area is 118 Å². The summed E-state index contributed by atoms with van der Waals surface area (Å²) in [5, 5.41) is 13.6. The van der Waals surface area contributed by atoms with Gasteiger partial charge in [-0.1, -0.05) is 26.0 Å². The number of hydrogen-bond acceptors (Lipinski definition) is 4. The van der Waals surface area contributed by atoms with Crippen LogP contribution in [0, 0.1) is 16.0 Å². The van der Waals surface area contributed by atoms with E-state index in [2.05, 4.69) is 5.32 Å². The van der Waals surface area contributed by atoms with E-state index >= 15 is 0 Å². The maximum Gasteiger partial charge on any atom is 0.269 e. The van der Waals surface area contributed by atoms with Gasteiger partial charge in [0.15, 0.2) is 0 Å². The highest BCUT2D eigenvalue weighted by Crippen LogP contribution is 2.16. The van der Waals surface area contributed by atoms with E-state index in [9.17, 15) is 14.9 Å². The van der Waals surface area contributed by atoms with Crippen molar-refractivity contribution < 1.29 is 9.72 Å². The molecule has 0 saturated heterocycles. The number of nitrogens with one attached hydrogen (secondary N) is 1. The second-order valence-corrected chi connectivity index (χ2v) is 5.43. The standard InChI is InChI=1S/C14H21N3O3/c1-10(2)14(3,9-15)16-13(18)8-11-5-4-6-12(7-11)17(19)20/h4-7,10H,8-9,15H2,1-3H3,(H,16,18). The third kappa shape index (κ3) is 4.03. The van der Waals surface area contributed by atoms with Gasteiger partial charge in [-0.3, -0.25) is 14.9 Å². The molecule has 0 heterocycles. The summed E-state index contributed by atoms with van der Waals surface area (Å²) in [6.45, 7) is 6.20. The maximum absolute atomic E-state index is 12.0. The van der Waals surface area contributed by atoms with Crippen LogP contribution in [0.25, 0.3) is 0 Å². The molecule has 1 aromatic rings. The molecule has 0 spiro atoms. The molecule has 1 atom stereocenters. The van der Waals surface area contributed by atoms with Gasteiger partial charge >= 0.3 is 0 Å². The largest absolute Gasteiger partial charge is 0.349 e. The molecule has 0 fully saturated rings. The smallest absolute Gasteiger partial charge is 0.269 e. The molecule has 110 valence electrons. The molecule has 0 radical (unpaired) electrons. The van der Waals surface area contributed by atoms with E-state index < -0.39 is 10.5 Å². The lowest BCUT2D eigenvalue weighted by atomic mass is 9.88. The van der Waals surface area contributed by atoms with Gasteiger partial charge in [0.1, 0.15) is 0 Å². The molecule has 0 aliphatic rings. The van der Waals surface area contributed by atoms with E-state index in [4.69, 9.17) is 5.73 Å². The van der Waals surface area contributed by atoms with Crippen molar-refractivity contribution in [3.8, 4) is 0 Å². The van der Waals surface area contributed by atoms with Crippen molar-refractivity contribution in [2.45, 2.75) is 32.7 Å². The predicted octanol–water partition coefficient (Wildman–Crippen LogP) is 1.63. The Morgan fingerprint density at radius 2 is 2.15 bits per heavy atom. The van der Waals surface area contributed by atoms with Crippen LogP contribution < -0.4 is 11.1 Å². The fourth-order valence-electron chi connectivity index (χ4n) is 1.76. The third-order valence-corrected chi connectivity index (χ3v) is 3.61. The van der Waals surface area contributed by atoms with E-state index in [1.54, 1.807) is 12.1 Å². The topological polar surface area (TPSA) is 98.3 Å². The number of nitro benzene ring substituents is 1. The Hall–Kier alpha value is -1.95. The monoisotopic (exact) mass is 279 g/mol. The molecule has 0 saturated carbocycles. The molecule has 0 aromatic heterocycles. The molecule has 3 N–H and O–H groups in total. The highest BCUT2D eigenvalue weighted by molar-refractivity contribution is 5.79. The Morgan fingerprint density at radius 1 is 1.50 bits per heavy atom. The summed E-state index contributed by atoms with van der Waals surface area (Å²) >= 11 is 0. The Kier molecular flexibility index (Phi) is 5.21. The quantitative estimate of drug-likeness (QED) is 0.610. The summed E-state index contributed by atoms with van der Waals surface area (Å²) in [5.41, 5.74) is 5.83. The van der Waals surface area contributed by atoms with Gasteiger partial charge in [-0.25, -0.2) is 0 Å². The predicted molar refractivity (Wildman–Crippen MR) is 77.2 cm³/mol. The highest BCUT2D eigenvalue weighted by atomic mass is 16.6. The number of nitrogens with two attached hydrogens (primary N) is 1. The van der Waals surface area contributed by atoms with Crippen molar-refractivity contribution in [1.29, 1.82) is 0 Å². The molecular formula is C14H21N3O3. The molecule has 20 heavy (non-hydrogen) atoms. The normalized spacial score (nSPS) is 13.8. The first-order chi connectivity index (χ1) is 9.28. The summed E-state index contributed by atoms with van der Waals surface area (Å²) in [7, 11) is 0. The zero-order chi connectivity index (χ0) is 15.3. The molecule has 0 aliphatic carbocycles. The van der Waals surface area contributed by atoms with Gasteiger partial charge in [0.05, 0.1) is 16.9 Å². The zero-order valence-corrected chi connectivity index (χ0v) is 12.1. The van der Waals surface area contributed by atoms with Crippen molar-refractivity contribution in [3.05, 3.63) is 39.9 Å². The van der Waals surface area contributed by atoms with Crippen LogP contribution in [0.5, 0.6) is 0 Å². The van der Waals surface area contributed by atoms with Gasteiger partial charge in [-0.2, -0.15) is 0 Å². The van der Waals surface area contributed by atoms with E-state index in [-0.39, 0.29) is 23.9 Å². The third-order valence-electron chi connectivity index (χ3n) is 3.61. The van der Waals surface area contributed by atoms with Gasteiger partial charge in [0, 0.05) is 18.7 Å². The average Bonchev–Trinajstić information content (AvgIpc) is 2.38. The van der Waals surface area contributed by atoms with Crippen LogP contribution in [0.2, 0.25) is 0 Å². The summed E-state index contributed by atoms with van der Waals surface area (Å²) < 4.78 is 0. The number of carbonyl (C=O) groups is 1. The first kappa shape index (κ1) is 16.1. The Bertz CT molecular complexity index is 502. The highest BCUT2D eigenvalue weighted by Gasteiger charge is 2.28.